The number of rotatable bonds is 7. The highest BCUT2D eigenvalue weighted by Crippen LogP contribution is 2.36. The Morgan fingerprint density at radius 1 is 0.974 bits per heavy atom. The maximum atomic E-state index is 13.7. The number of H-pyrrole nitrogens is 2. The second-order valence-corrected chi connectivity index (χ2v) is 11.0. The average molecular weight is 524 g/mol. The number of nitrogens with one attached hydrogen (secondary N) is 3. The first kappa shape index (κ1) is 23.2. The zero-order valence-electron chi connectivity index (χ0n) is 20.7. The molecule has 7 nitrogen and oxygen atoms in total. The number of hydrogen-bond acceptors (Lipinski definition) is 6. The Bertz CT molecular complexity index is 1740. The number of aromatic nitrogens is 6. The van der Waals surface area contributed by atoms with E-state index in [1.54, 1.807) is 12.3 Å². The molecule has 6 aromatic rings. The van der Waals surface area contributed by atoms with Crippen LogP contribution in [0.25, 0.3) is 55.0 Å². The molecule has 1 aliphatic carbocycles. The lowest BCUT2D eigenvalue weighted by molar-refractivity contribution is 0.489. The van der Waals surface area contributed by atoms with Crippen molar-refractivity contribution in [2.75, 3.05) is 6.54 Å². The van der Waals surface area contributed by atoms with Gasteiger partial charge in [0.25, 0.3) is 0 Å². The first-order valence-electron chi connectivity index (χ1n) is 12.9. The van der Waals surface area contributed by atoms with E-state index in [2.05, 4.69) is 47.6 Å². The van der Waals surface area contributed by atoms with Crippen LogP contribution in [0.15, 0.2) is 61.2 Å². The quantitative estimate of drug-likeness (QED) is 0.216. The molecule has 0 amide bonds. The molecule has 38 heavy (non-hydrogen) atoms. The van der Waals surface area contributed by atoms with Crippen LogP contribution < -0.4 is 5.32 Å². The van der Waals surface area contributed by atoms with Crippen LogP contribution in [0.5, 0.6) is 0 Å². The summed E-state index contributed by atoms with van der Waals surface area (Å²) in [7, 11) is 0. The normalized spacial score (nSPS) is 14.2. The fourth-order valence-corrected chi connectivity index (χ4v) is 6.25. The SMILES string of the molecule is Fc1ccc(-c2ccnc3[nH]c(-c4[nH]nc5ncc(-c6cncc(CNCC7CCCC7)c6)cc45)cc23)s1. The van der Waals surface area contributed by atoms with Crippen LogP contribution in [0.3, 0.4) is 0 Å². The molecule has 6 aromatic heterocycles. The van der Waals surface area contributed by atoms with Crippen LogP contribution in [0, 0.1) is 11.0 Å². The van der Waals surface area contributed by atoms with E-state index in [4.69, 9.17) is 0 Å². The van der Waals surface area contributed by atoms with Crippen molar-refractivity contribution < 1.29 is 4.39 Å². The summed E-state index contributed by atoms with van der Waals surface area (Å²) in [6.45, 7) is 1.88. The molecule has 0 radical (unpaired) electrons. The Morgan fingerprint density at radius 2 is 1.87 bits per heavy atom. The standard InChI is InChI=1S/C29H26FN7S/c30-26-6-5-25(38-26)21-7-8-33-28-22(21)11-24(35-28)27-23-10-20(16-34-29(23)37-36-27)19-9-18(14-32-15-19)13-31-12-17-3-1-2-4-17/h5-11,14-17,31H,1-4,12-13H2,(H,33,35)(H,34,36,37). The fourth-order valence-electron chi connectivity index (χ4n) is 5.48. The third-order valence-electron chi connectivity index (χ3n) is 7.41. The van der Waals surface area contributed by atoms with Crippen molar-refractivity contribution in [1.29, 1.82) is 0 Å². The zero-order chi connectivity index (χ0) is 25.5. The molecule has 0 saturated heterocycles. The summed E-state index contributed by atoms with van der Waals surface area (Å²) in [5.74, 6) is 0.805. The molecule has 9 heteroatoms. The summed E-state index contributed by atoms with van der Waals surface area (Å²) >= 11 is 1.13. The van der Waals surface area contributed by atoms with E-state index < -0.39 is 0 Å². The maximum absolute atomic E-state index is 13.7. The molecule has 190 valence electrons. The van der Waals surface area contributed by atoms with Crippen LogP contribution >= 0.6 is 11.3 Å². The molecule has 1 saturated carbocycles. The summed E-state index contributed by atoms with van der Waals surface area (Å²) in [5.41, 5.74) is 7.16. The van der Waals surface area contributed by atoms with E-state index in [1.807, 2.05) is 30.7 Å². The predicted molar refractivity (Wildman–Crippen MR) is 149 cm³/mol. The predicted octanol–water partition coefficient (Wildman–Crippen LogP) is 6.71. The van der Waals surface area contributed by atoms with Gasteiger partial charge in [-0.1, -0.05) is 12.8 Å². The molecule has 1 fully saturated rings. The summed E-state index contributed by atoms with van der Waals surface area (Å²) in [6, 6.07) is 11.5. The van der Waals surface area contributed by atoms with Crippen LogP contribution in [0.4, 0.5) is 4.39 Å². The van der Waals surface area contributed by atoms with Crippen molar-refractivity contribution in [3.8, 4) is 33.0 Å². The number of pyridine rings is 3. The van der Waals surface area contributed by atoms with Gasteiger partial charge in [0.1, 0.15) is 5.65 Å². The van der Waals surface area contributed by atoms with Crippen molar-refractivity contribution in [3.63, 3.8) is 0 Å². The number of nitrogens with zero attached hydrogens (tertiary/aromatic N) is 4. The van der Waals surface area contributed by atoms with Crippen molar-refractivity contribution in [1.82, 2.24) is 35.5 Å². The van der Waals surface area contributed by atoms with Crippen molar-refractivity contribution in [3.05, 3.63) is 71.9 Å². The highest BCUT2D eigenvalue weighted by molar-refractivity contribution is 7.14. The number of hydrogen-bond donors (Lipinski definition) is 3. The van der Waals surface area contributed by atoms with Gasteiger partial charge in [0, 0.05) is 63.7 Å². The van der Waals surface area contributed by atoms with Gasteiger partial charge in [-0.3, -0.25) is 10.1 Å². The Labute approximate surface area is 222 Å². The number of thiophene rings is 1. The van der Waals surface area contributed by atoms with Crippen LogP contribution in [-0.4, -0.2) is 36.7 Å². The van der Waals surface area contributed by atoms with Crippen LogP contribution in [-0.2, 0) is 6.54 Å². The highest BCUT2D eigenvalue weighted by Gasteiger charge is 2.17. The average Bonchev–Trinajstić information content (AvgIpc) is 3.74. The molecule has 7 rings (SSSR count). The first-order valence-corrected chi connectivity index (χ1v) is 13.8. The van der Waals surface area contributed by atoms with E-state index in [1.165, 1.54) is 31.7 Å². The Morgan fingerprint density at radius 3 is 2.74 bits per heavy atom. The van der Waals surface area contributed by atoms with Crippen LogP contribution in [0.2, 0.25) is 0 Å². The maximum Gasteiger partial charge on any atom is 0.181 e. The molecule has 0 spiro atoms. The van der Waals surface area contributed by atoms with Gasteiger partial charge < -0.3 is 10.3 Å². The van der Waals surface area contributed by atoms with Gasteiger partial charge in [-0.2, -0.15) is 9.49 Å². The van der Waals surface area contributed by atoms with Gasteiger partial charge in [0.15, 0.2) is 10.8 Å². The molecular formula is C29H26FN7S. The molecule has 1 aliphatic rings. The monoisotopic (exact) mass is 523 g/mol. The summed E-state index contributed by atoms with van der Waals surface area (Å²) < 4.78 is 13.7. The van der Waals surface area contributed by atoms with Crippen molar-refractivity contribution in [2.24, 2.45) is 5.92 Å². The topological polar surface area (TPSA) is 95.2 Å². The number of halogens is 1. The van der Waals surface area contributed by atoms with Gasteiger partial charge in [0.05, 0.1) is 11.4 Å². The van der Waals surface area contributed by atoms with Gasteiger partial charge >= 0.3 is 0 Å². The van der Waals surface area contributed by atoms with Crippen LogP contribution in [0.1, 0.15) is 31.2 Å². The highest BCUT2D eigenvalue weighted by atomic mass is 32.1. The molecule has 6 heterocycles. The summed E-state index contributed by atoms with van der Waals surface area (Å²) in [4.78, 5) is 17.9. The molecule has 0 unspecified atom stereocenters. The molecule has 0 aromatic carbocycles. The molecule has 3 N–H and O–H groups in total. The summed E-state index contributed by atoms with van der Waals surface area (Å²) in [6.07, 6.45) is 12.8. The number of fused-ring (bicyclic) bond motifs is 2. The minimum atomic E-state index is -0.206. The first-order chi connectivity index (χ1) is 18.7. The fraction of sp³-hybridized carbons (Fsp3) is 0.241. The minimum Gasteiger partial charge on any atom is -0.338 e. The third-order valence-corrected chi connectivity index (χ3v) is 8.32. The lowest BCUT2D eigenvalue weighted by Gasteiger charge is -2.11. The molecular weight excluding hydrogens is 497 g/mol. The lowest BCUT2D eigenvalue weighted by Crippen LogP contribution is -2.20. The van der Waals surface area contributed by atoms with E-state index in [9.17, 15) is 4.39 Å². The Hall–Kier alpha value is -3.95. The second kappa shape index (κ2) is 9.74. The molecule has 0 bridgehead atoms. The molecule has 0 aliphatic heterocycles. The Kier molecular flexibility index (Phi) is 5.94. The van der Waals surface area contributed by atoms with E-state index in [-0.39, 0.29) is 5.13 Å². The lowest BCUT2D eigenvalue weighted by atomic mass is 10.1. The van der Waals surface area contributed by atoms with Gasteiger partial charge in [-0.25, -0.2) is 9.97 Å². The summed E-state index contributed by atoms with van der Waals surface area (Å²) in [5, 5.41) is 12.8. The van der Waals surface area contributed by atoms with E-state index >= 15 is 0 Å². The van der Waals surface area contributed by atoms with E-state index in [0.29, 0.717) is 5.65 Å². The zero-order valence-corrected chi connectivity index (χ0v) is 21.5. The Balaban J connectivity index is 1.20. The molecule has 0 atom stereocenters. The van der Waals surface area contributed by atoms with Gasteiger partial charge in [0.2, 0.25) is 0 Å². The van der Waals surface area contributed by atoms with Gasteiger partial charge in [-0.15, -0.1) is 11.3 Å². The van der Waals surface area contributed by atoms with Gasteiger partial charge in [-0.05, 0) is 67.3 Å². The van der Waals surface area contributed by atoms with Crippen molar-refractivity contribution in [2.45, 2.75) is 32.2 Å². The second-order valence-electron chi connectivity index (χ2n) is 9.96. The smallest absolute Gasteiger partial charge is 0.181 e. The third kappa shape index (κ3) is 4.37. The largest absolute Gasteiger partial charge is 0.338 e. The minimum absolute atomic E-state index is 0.206. The number of aromatic amines is 2. The van der Waals surface area contributed by atoms with Crippen molar-refractivity contribution >= 4 is 33.4 Å². The van der Waals surface area contributed by atoms with E-state index in [0.717, 1.165) is 85.3 Å².